The van der Waals surface area contributed by atoms with Gasteiger partial charge in [0.25, 0.3) is 0 Å². The molecule has 1 amide bonds. The van der Waals surface area contributed by atoms with Crippen LogP contribution in [0.1, 0.15) is 27.2 Å². The quantitative estimate of drug-likeness (QED) is 0.872. The minimum atomic E-state index is -0.0225. The predicted octanol–water partition coefficient (Wildman–Crippen LogP) is 3.17. The van der Waals surface area contributed by atoms with Crippen LogP contribution in [0.5, 0.6) is 5.75 Å². The van der Waals surface area contributed by atoms with E-state index in [1.165, 1.54) is 0 Å². The normalized spacial score (nSPS) is 11.2. The molecule has 0 bridgehead atoms. The van der Waals surface area contributed by atoms with Crippen LogP contribution in [0, 0.1) is 0 Å². The molecule has 0 unspecified atom stereocenters. The molecule has 0 atom stereocenters. The first kappa shape index (κ1) is 16.0. The van der Waals surface area contributed by atoms with Gasteiger partial charge < -0.3 is 15.4 Å². The Bertz CT molecular complexity index is 442. The lowest BCUT2D eigenvalue weighted by atomic mass is 10.1. The molecule has 2 N–H and O–H groups in total. The van der Waals surface area contributed by atoms with E-state index in [-0.39, 0.29) is 11.4 Å². The van der Waals surface area contributed by atoms with Crippen LogP contribution in [-0.4, -0.2) is 25.1 Å². The van der Waals surface area contributed by atoms with E-state index in [0.717, 1.165) is 10.2 Å². The van der Waals surface area contributed by atoms with Crippen molar-refractivity contribution in [2.75, 3.05) is 19.0 Å². The van der Waals surface area contributed by atoms with Gasteiger partial charge >= 0.3 is 0 Å². The molecule has 1 rings (SSSR count). The molecule has 0 spiro atoms. The second kappa shape index (κ2) is 6.91. The van der Waals surface area contributed by atoms with Gasteiger partial charge in [0.2, 0.25) is 5.91 Å². The Morgan fingerprint density at radius 2 is 2.05 bits per heavy atom. The van der Waals surface area contributed by atoms with Crippen molar-refractivity contribution in [2.45, 2.75) is 32.7 Å². The number of nitrogens with one attached hydrogen (secondary N) is 2. The van der Waals surface area contributed by atoms with E-state index < -0.39 is 0 Å². The van der Waals surface area contributed by atoms with E-state index in [2.05, 4.69) is 47.3 Å². The maximum absolute atomic E-state index is 11.8. The van der Waals surface area contributed by atoms with Gasteiger partial charge in [-0.25, -0.2) is 0 Å². The molecule has 0 fully saturated rings. The monoisotopic (exact) mass is 328 g/mol. The summed E-state index contributed by atoms with van der Waals surface area (Å²) in [5.41, 5.74) is 0.747. The van der Waals surface area contributed by atoms with Crippen LogP contribution >= 0.6 is 15.9 Å². The zero-order valence-electron chi connectivity index (χ0n) is 11.8. The van der Waals surface area contributed by atoms with Crippen molar-refractivity contribution >= 4 is 27.5 Å². The van der Waals surface area contributed by atoms with Crippen LogP contribution in [0.4, 0.5) is 5.69 Å². The molecule has 0 aromatic heterocycles. The Hall–Kier alpha value is -1.07. The number of carbonyl (C=O) groups is 1. The fourth-order valence-electron chi connectivity index (χ4n) is 1.49. The van der Waals surface area contributed by atoms with Crippen LogP contribution in [0.3, 0.4) is 0 Å². The van der Waals surface area contributed by atoms with Crippen LogP contribution in [0.2, 0.25) is 0 Å². The van der Waals surface area contributed by atoms with Gasteiger partial charge in [-0.2, -0.15) is 0 Å². The van der Waals surface area contributed by atoms with Crippen LogP contribution < -0.4 is 15.4 Å². The number of rotatable bonds is 5. The standard InChI is InChI=1S/C14H21BrN2O2/c1-14(2,3)16-8-7-13(18)17-12-9-10(19-4)5-6-11(12)15/h5-6,9,16H,7-8H2,1-4H3,(H,17,18). The number of hydrogen-bond donors (Lipinski definition) is 2. The average molecular weight is 329 g/mol. The molecular weight excluding hydrogens is 308 g/mol. The highest BCUT2D eigenvalue weighted by Gasteiger charge is 2.11. The molecule has 0 aliphatic carbocycles. The number of ether oxygens (including phenoxy) is 1. The van der Waals surface area contributed by atoms with Crippen molar-refractivity contribution in [2.24, 2.45) is 0 Å². The van der Waals surface area contributed by atoms with E-state index in [9.17, 15) is 4.79 Å². The number of anilines is 1. The summed E-state index contributed by atoms with van der Waals surface area (Å²) in [6.07, 6.45) is 0.431. The molecule has 0 aliphatic heterocycles. The zero-order chi connectivity index (χ0) is 14.5. The third-order valence-corrected chi connectivity index (χ3v) is 3.15. The van der Waals surface area contributed by atoms with Gasteiger partial charge in [-0.3, -0.25) is 4.79 Å². The number of methoxy groups -OCH3 is 1. The molecule has 1 aromatic rings. The summed E-state index contributed by atoms with van der Waals surface area (Å²) < 4.78 is 5.97. The van der Waals surface area contributed by atoms with Gasteiger partial charge in [0.1, 0.15) is 5.75 Å². The molecule has 0 radical (unpaired) electrons. The highest BCUT2D eigenvalue weighted by atomic mass is 79.9. The smallest absolute Gasteiger partial charge is 0.225 e. The van der Waals surface area contributed by atoms with E-state index in [1.54, 1.807) is 13.2 Å². The van der Waals surface area contributed by atoms with Crippen molar-refractivity contribution in [1.29, 1.82) is 0 Å². The van der Waals surface area contributed by atoms with Crippen molar-refractivity contribution in [3.63, 3.8) is 0 Å². The second-order valence-corrected chi connectivity index (χ2v) is 6.18. The van der Waals surface area contributed by atoms with Crippen LogP contribution in [0.15, 0.2) is 22.7 Å². The van der Waals surface area contributed by atoms with Gasteiger partial charge in [-0.05, 0) is 48.8 Å². The summed E-state index contributed by atoms with van der Waals surface area (Å²) in [7, 11) is 1.60. The summed E-state index contributed by atoms with van der Waals surface area (Å²) in [6, 6.07) is 5.47. The van der Waals surface area contributed by atoms with Gasteiger partial charge in [-0.1, -0.05) is 0 Å². The minimum absolute atomic E-state index is 0.0225. The highest BCUT2D eigenvalue weighted by Crippen LogP contribution is 2.27. The van der Waals surface area contributed by atoms with Gasteiger partial charge in [0.05, 0.1) is 12.8 Å². The molecule has 0 aliphatic rings. The lowest BCUT2D eigenvalue weighted by molar-refractivity contribution is -0.116. The predicted molar refractivity (Wildman–Crippen MR) is 81.7 cm³/mol. The maximum Gasteiger partial charge on any atom is 0.225 e. The first-order valence-electron chi connectivity index (χ1n) is 6.20. The topological polar surface area (TPSA) is 50.4 Å². The van der Waals surface area contributed by atoms with E-state index in [1.807, 2.05) is 12.1 Å². The summed E-state index contributed by atoms with van der Waals surface area (Å²) in [6.45, 7) is 6.87. The molecule has 0 saturated heterocycles. The number of amides is 1. The number of hydrogen-bond acceptors (Lipinski definition) is 3. The number of carbonyl (C=O) groups excluding carboxylic acids is 1. The molecule has 0 saturated carbocycles. The Morgan fingerprint density at radius 3 is 2.63 bits per heavy atom. The van der Waals surface area contributed by atoms with Crippen molar-refractivity contribution < 1.29 is 9.53 Å². The molecule has 106 valence electrons. The maximum atomic E-state index is 11.8. The number of benzene rings is 1. The molecule has 19 heavy (non-hydrogen) atoms. The van der Waals surface area contributed by atoms with Crippen LogP contribution in [0.25, 0.3) is 0 Å². The minimum Gasteiger partial charge on any atom is -0.497 e. The van der Waals surface area contributed by atoms with E-state index in [4.69, 9.17) is 4.74 Å². The first-order chi connectivity index (χ1) is 8.81. The fourth-order valence-corrected chi connectivity index (χ4v) is 1.84. The van der Waals surface area contributed by atoms with Gasteiger partial charge in [0.15, 0.2) is 0 Å². The number of halogens is 1. The van der Waals surface area contributed by atoms with Gasteiger partial charge in [0, 0.05) is 29.0 Å². The Balaban J connectivity index is 2.52. The third kappa shape index (κ3) is 6.07. The van der Waals surface area contributed by atoms with E-state index >= 15 is 0 Å². The van der Waals surface area contributed by atoms with Crippen molar-refractivity contribution in [1.82, 2.24) is 5.32 Å². The molecule has 0 heterocycles. The molecule has 5 heteroatoms. The van der Waals surface area contributed by atoms with Crippen LogP contribution in [-0.2, 0) is 4.79 Å². The Labute approximate surface area is 123 Å². The lowest BCUT2D eigenvalue weighted by Crippen LogP contribution is -2.37. The zero-order valence-corrected chi connectivity index (χ0v) is 13.4. The molecule has 4 nitrogen and oxygen atoms in total. The van der Waals surface area contributed by atoms with Gasteiger partial charge in [-0.15, -0.1) is 0 Å². The fraction of sp³-hybridized carbons (Fsp3) is 0.500. The second-order valence-electron chi connectivity index (χ2n) is 5.32. The summed E-state index contributed by atoms with van der Waals surface area (Å²) >= 11 is 3.40. The summed E-state index contributed by atoms with van der Waals surface area (Å²) in [4.78, 5) is 11.8. The van der Waals surface area contributed by atoms with Crippen molar-refractivity contribution in [3.8, 4) is 5.75 Å². The highest BCUT2D eigenvalue weighted by molar-refractivity contribution is 9.10. The SMILES string of the molecule is COc1ccc(Br)c(NC(=O)CCNC(C)(C)C)c1. The molecule has 1 aromatic carbocycles. The summed E-state index contributed by atoms with van der Waals surface area (Å²) in [5.74, 6) is 0.692. The Kier molecular flexibility index (Phi) is 5.82. The molecular formula is C14H21BrN2O2. The summed E-state index contributed by atoms with van der Waals surface area (Å²) in [5, 5.41) is 6.14. The first-order valence-corrected chi connectivity index (χ1v) is 6.99. The van der Waals surface area contributed by atoms with E-state index in [0.29, 0.717) is 18.7 Å². The largest absolute Gasteiger partial charge is 0.497 e. The third-order valence-electron chi connectivity index (χ3n) is 2.46. The Morgan fingerprint density at radius 1 is 1.37 bits per heavy atom. The lowest BCUT2D eigenvalue weighted by Gasteiger charge is -2.20. The van der Waals surface area contributed by atoms with Crippen molar-refractivity contribution in [3.05, 3.63) is 22.7 Å². The average Bonchev–Trinajstić information content (AvgIpc) is 2.30.